The van der Waals surface area contributed by atoms with Crippen molar-refractivity contribution in [2.24, 2.45) is 0 Å². The molecule has 1 saturated heterocycles. The summed E-state index contributed by atoms with van der Waals surface area (Å²) in [5, 5.41) is 20.5. The fraction of sp³-hybridized carbons (Fsp3) is 0.226. The first-order valence-corrected chi connectivity index (χ1v) is 13.8. The molecular formula is C31H29N3O6S. The topological polar surface area (TPSA) is 111 Å². The van der Waals surface area contributed by atoms with Gasteiger partial charge in [0.1, 0.15) is 23.1 Å². The number of ketones is 1. The zero-order valence-corrected chi connectivity index (χ0v) is 23.9. The smallest absolute Gasteiger partial charge is 0.301 e. The van der Waals surface area contributed by atoms with E-state index >= 15 is 0 Å². The Balaban J connectivity index is 1.54. The Hall–Kier alpha value is -4.70. The average Bonchev–Trinajstić information content (AvgIpc) is 3.52. The Kier molecular flexibility index (Phi) is 8.02. The number of ether oxygens (including phenoxy) is 3. The quantitative estimate of drug-likeness (QED) is 0.153. The number of methoxy groups -OCH3 is 1. The number of benzene rings is 3. The van der Waals surface area contributed by atoms with Gasteiger partial charge in [0.15, 0.2) is 11.5 Å². The Morgan fingerprint density at radius 2 is 1.73 bits per heavy atom. The van der Waals surface area contributed by atoms with Crippen molar-refractivity contribution < 1.29 is 28.9 Å². The van der Waals surface area contributed by atoms with E-state index in [1.54, 1.807) is 49.4 Å². The molecule has 1 unspecified atom stereocenters. The number of hydrogen-bond donors (Lipinski definition) is 1. The number of nitrogens with zero attached hydrogens (tertiary/aromatic N) is 3. The van der Waals surface area contributed by atoms with Crippen LogP contribution in [0.2, 0.25) is 0 Å². The van der Waals surface area contributed by atoms with E-state index in [1.165, 1.54) is 23.3 Å². The highest BCUT2D eigenvalue weighted by Crippen LogP contribution is 2.44. The molecule has 0 spiro atoms. The number of rotatable bonds is 9. The SMILES string of the molecule is CCOc1ccc(C2C(=C(O)c3ccc(OCc4ccccc4C)cc3)C(=O)C(=O)N2c2nnc(C)s2)cc1OC. The highest BCUT2D eigenvalue weighted by atomic mass is 32.1. The molecule has 41 heavy (non-hydrogen) atoms. The molecular weight excluding hydrogens is 542 g/mol. The number of aliphatic hydroxyl groups excluding tert-OH is 1. The van der Waals surface area contributed by atoms with E-state index in [2.05, 4.69) is 10.2 Å². The normalized spacial score (nSPS) is 16.2. The van der Waals surface area contributed by atoms with Crippen LogP contribution in [0.5, 0.6) is 17.2 Å². The van der Waals surface area contributed by atoms with Gasteiger partial charge in [0.2, 0.25) is 5.13 Å². The van der Waals surface area contributed by atoms with Crippen LogP contribution >= 0.6 is 11.3 Å². The lowest BCUT2D eigenvalue weighted by molar-refractivity contribution is -0.132. The fourth-order valence-corrected chi connectivity index (χ4v) is 5.37. The summed E-state index contributed by atoms with van der Waals surface area (Å²) >= 11 is 1.18. The van der Waals surface area contributed by atoms with E-state index in [-0.39, 0.29) is 16.5 Å². The van der Waals surface area contributed by atoms with E-state index in [0.717, 1.165) is 11.1 Å². The van der Waals surface area contributed by atoms with Crippen LogP contribution < -0.4 is 19.1 Å². The summed E-state index contributed by atoms with van der Waals surface area (Å²) in [6.07, 6.45) is 0. The van der Waals surface area contributed by atoms with Crippen molar-refractivity contribution in [1.82, 2.24) is 10.2 Å². The minimum absolute atomic E-state index is 0.0670. The lowest BCUT2D eigenvalue weighted by Crippen LogP contribution is -2.29. The average molecular weight is 572 g/mol. The van der Waals surface area contributed by atoms with Crippen molar-refractivity contribution in [3.8, 4) is 17.2 Å². The molecule has 1 aliphatic heterocycles. The van der Waals surface area contributed by atoms with Gasteiger partial charge >= 0.3 is 5.91 Å². The van der Waals surface area contributed by atoms with Crippen molar-refractivity contribution in [3.05, 3.63) is 99.6 Å². The van der Waals surface area contributed by atoms with Crippen LogP contribution in [0.3, 0.4) is 0 Å². The minimum Gasteiger partial charge on any atom is -0.507 e. The second kappa shape index (κ2) is 11.8. The molecule has 1 fully saturated rings. The van der Waals surface area contributed by atoms with E-state index in [4.69, 9.17) is 14.2 Å². The van der Waals surface area contributed by atoms with Gasteiger partial charge in [-0.1, -0.05) is 41.7 Å². The molecule has 9 nitrogen and oxygen atoms in total. The minimum atomic E-state index is -0.969. The van der Waals surface area contributed by atoms with Gasteiger partial charge < -0.3 is 19.3 Å². The number of aliphatic hydroxyl groups is 1. The Morgan fingerprint density at radius 3 is 2.39 bits per heavy atom. The fourth-order valence-electron chi connectivity index (χ4n) is 4.66. The van der Waals surface area contributed by atoms with Crippen LogP contribution in [-0.2, 0) is 16.2 Å². The predicted molar refractivity (Wildman–Crippen MR) is 156 cm³/mol. The van der Waals surface area contributed by atoms with Gasteiger partial charge in [-0.15, -0.1) is 10.2 Å². The highest BCUT2D eigenvalue weighted by molar-refractivity contribution is 7.15. The monoisotopic (exact) mass is 571 g/mol. The summed E-state index contributed by atoms with van der Waals surface area (Å²) in [7, 11) is 1.51. The first kappa shape index (κ1) is 27.9. The summed E-state index contributed by atoms with van der Waals surface area (Å²) in [6, 6.07) is 18.9. The van der Waals surface area contributed by atoms with E-state index in [1.807, 2.05) is 38.1 Å². The van der Waals surface area contributed by atoms with Crippen LogP contribution in [0.4, 0.5) is 5.13 Å². The highest BCUT2D eigenvalue weighted by Gasteiger charge is 2.48. The predicted octanol–water partition coefficient (Wildman–Crippen LogP) is 5.77. The molecule has 4 aromatic rings. The summed E-state index contributed by atoms with van der Waals surface area (Å²) in [4.78, 5) is 28.1. The van der Waals surface area contributed by atoms with E-state index < -0.39 is 17.7 Å². The maximum Gasteiger partial charge on any atom is 0.301 e. The Morgan fingerprint density at radius 1 is 0.976 bits per heavy atom. The molecule has 3 aromatic carbocycles. The first-order chi connectivity index (χ1) is 19.8. The zero-order valence-electron chi connectivity index (χ0n) is 23.1. The summed E-state index contributed by atoms with van der Waals surface area (Å²) < 4.78 is 17.1. The van der Waals surface area contributed by atoms with Gasteiger partial charge in [0.25, 0.3) is 5.78 Å². The molecule has 1 aromatic heterocycles. The first-order valence-electron chi connectivity index (χ1n) is 13.0. The molecule has 5 rings (SSSR count). The molecule has 0 radical (unpaired) electrons. The van der Waals surface area contributed by atoms with Crippen LogP contribution in [0.25, 0.3) is 5.76 Å². The molecule has 0 saturated carbocycles. The number of amides is 1. The standard InChI is InChI=1S/C31H29N3O6S/c1-5-39-24-15-12-21(16-25(24)38-4)27-26(29(36)30(37)34(27)31-33-32-19(3)41-31)28(35)20-10-13-23(14-11-20)40-17-22-9-7-6-8-18(22)2/h6-16,27,35H,5,17H2,1-4H3. The third-order valence-corrected chi connectivity index (χ3v) is 7.59. The van der Waals surface area contributed by atoms with Crippen molar-refractivity contribution in [2.45, 2.75) is 33.4 Å². The number of carbonyl (C=O) groups is 2. The number of carbonyl (C=O) groups excluding carboxylic acids is 2. The number of hydrogen-bond acceptors (Lipinski definition) is 9. The lowest BCUT2D eigenvalue weighted by Gasteiger charge is -2.23. The molecule has 210 valence electrons. The van der Waals surface area contributed by atoms with Crippen LogP contribution in [0, 0.1) is 13.8 Å². The molecule has 1 atom stereocenters. The van der Waals surface area contributed by atoms with Gasteiger partial charge in [-0.25, -0.2) is 0 Å². The maximum absolute atomic E-state index is 13.4. The molecule has 2 heterocycles. The van der Waals surface area contributed by atoms with Crippen LogP contribution in [-0.4, -0.2) is 40.7 Å². The van der Waals surface area contributed by atoms with Crippen molar-refractivity contribution >= 4 is 33.9 Å². The molecule has 1 aliphatic rings. The number of anilines is 1. The maximum atomic E-state index is 13.4. The van der Waals surface area contributed by atoms with Crippen molar-refractivity contribution in [1.29, 1.82) is 0 Å². The van der Waals surface area contributed by atoms with E-state index in [9.17, 15) is 14.7 Å². The molecule has 1 amide bonds. The van der Waals surface area contributed by atoms with Crippen molar-refractivity contribution in [3.63, 3.8) is 0 Å². The molecule has 0 bridgehead atoms. The lowest BCUT2D eigenvalue weighted by atomic mass is 9.95. The van der Waals surface area contributed by atoms with Gasteiger partial charge in [-0.3, -0.25) is 14.5 Å². The van der Waals surface area contributed by atoms with Gasteiger partial charge in [-0.2, -0.15) is 0 Å². The Bertz CT molecular complexity index is 1630. The number of aryl methyl sites for hydroxylation is 2. The zero-order chi connectivity index (χ0) is 29.1. The largest absolute Gasteiger partial charge is 0.507 e. The molecule has 0 aliphatic carbocycles. The second-order valence-corrected chi connectivity index (χ2v) is 10.5. The van der Waals surface area contributed by atoms with Gasteiger partial charge in [-0.05, 0) is 73.9 Å². The molecule has 1 N–H and O–H groups in total. The van der Waals surface area contributed by atoms with Gasteiger partial charge in [0.05, 0.1) is 25.3 Å². The van der Waals surface area contributed by atoms with Gasteiger partial charge in [0, 0.05) is 5.56 Å². The third kappa shape index (κ3) is 5.51. The number of Topliss-reactive ketones (excluding diaryl/α,β-unsaturated/α-hetero) is 1. The second-order valence-electron chi connectivity index (χ2n) is 9.36. The molecule has 10 heteroatoms. The summed E-state index contributed by atoms with van der Waals surface area (Å²) in [5.74, 6) is -0.396. The Labute approximate surface area is 241 Å². The summed E-state index contributed by atoms with van der Waals surface area (Å²) in [5.41, 5.74) is 3.03. The van der Waals surface area contributed by atoms with E-state index in [0.29, 0.717) is 46.6 Å². The van der Waals surface area contributed by atoms with Crippen molar-refractivity contribution in [2.75, 3.05) is 18.6 Å². The van der Waals surface area contributed by atoms with Crippen LogP contribution in [0.15, 0.2) is 72.3 Å². The summed E-state index contributed by atoms with van der Waals surface area (Å²) in [6.45, 7) is 6.47. The third-order valence-electron chi connectivity index (χ3n) is 6.75. The van der Waals surface area contributed by atoms with Crippen LogP contribution in [0.1, 0.15) is 40.2 Å². The number of aromatic nitrogens is 2.